The van der Waals surface area contributed by atoms with Crippen molar-refractivity contribution in [2.75, 3.05) is 19.4 Å². The number of ether oxygens (including phenoxy) is 1. The number of sulfone groups is 1. The third-order valence-electron chi connectivity index (χ3n) is 5.18. The van der Waals surface area contributed by atoms with E-state index in [1.54, 1.807) is 31.2 Å². The molecule has 9 heteroatoms. The first-order valence-corrected chi connectivity index (χ1v) is 12.2. The molecule has 0 unspecified atom stereocenters. The maximum Gasteiger partial charge on any atom is 0.338 e. The van der Waals surface area contributed by atoms with Gasteiger partial charge >= 0.3 is 12.0 Å². The zero-order valence-corrected chi connectivity index (χ0v) is 19.0. The Labute approximate surface area is 188 Å². The molecule has 2 amide bonds. The Morgan fingerprint density at radius 3 is 2.38 bits per heavy atom. The molecule has 1 aliphatic heterocycles. The first-order valence-electron chi connectivity index (χ1n) is 10.3. The largest absolute Gasteiger partial charge is 0.463 e. The molecule has 1 heterocycles. The topological polar surface area (TPSA) is 114 Å². The SMILES string of the molecule is CCOC(=O)C1=C(CN[C@@H](C)c2ccc(S(C)(=O)=O)cc2)NC(=O)N[C@H]1c1ccccc1. The monoisotopic (exact) mass is 457 g/mol. The zero-order chi connectivity index (χ0) is 23.3. The van der Waals surface area contributed by atoms with Crippen molar-refractivity contribution in [2.24, 2.45) is 0 Å². The van der Waals surface area contributed by atoms with Crippen molar-refractivity contribution in [2.45, 2.75) is 30.8 Å². The lowest BCUT2D eigenvalue weighted by molar-refractivity contribution is -0.139. The fourth-order valence-electron chi connectivity index (χ4n) is 3.48. The van der Waals surface area contributed by atoms with Gasteiger partial charge in [-0.2, -0.15) is 0 Å². The van der Waals surface area contributed by atoms with Crippen molar-refractivity contribution in [3.05, 3.63) is 77.0 Å². The highest BCUT2D eigenvalue weighted by molar-refractivity contribution is 7.90. The van der Waals surface area contributed by atoms with Crippen LogP contribution in [0.4, 0.5) is 4.79 Å². The maximum atomic E-state index is 12.8. The van der Waals surface area contributed by atoms with Crippen molar-refractivity contribution in [1.29, 1.82) is 0 Å². The van der Waals surface area contributed by atoms with Gasteiger partial charge in [0.05, 0.1) is 23.1 Å². The molecular formula is C23H27N3O5S. The number of rotatable bonds is 8. The summed E-state index contributed by atoms with van der Waals surface area (Å²) in [6.45, 7) is 4.06. The summed E-state index contributed by atoms with van der Waals surface area (Å²) >= 11 is 0. The Balaban J connectivity index is 1.86. The summed E-state index contributed by atoms with van der Waals surface area (Å²) in [6.07, 6.45) is 1.16. The van der Waals surface area contributed by atoms with Gasteiger partial charge in [0.2, 0.25) is 0 Å². The number of hydrogen-bond acceptors (Lipinski definition) is 6. The fourth-order valence-corrected chi connectivity index (χ4v) is 4.11. The lowest BCUT2D eigenvalue weighted by Gasteiger charge is -2.30. The number of hydrogen-bond donors (Lipinski definition) is 3. The number of esters is 1. The van der Waals surface area contributed by atoms with Crippen molar-refractivity contribution in [1.82, 2.24) is 16.0 Å². The van der Waals surface area contributed by atoms with Crippen LogP contribution in [-0.4, -0.2) is 39.8 Å². The summed E-state index contributed by atoms with van der Waals surface area (Å²) in [4.78, 5) is 25.4. The van der Waals surface area contributed by atoms with Crippen LogP contribution in [-0.2, 0) is 19.4 Å². The Bertz CT molecular complexity index is 1110. The lowest BCUT2D eigenvalue weighted by atomic mass is 9.95. The van der Waals surface area contributed by atoms with Crippen LogP contribution >= 0.6 is 0 Å². The van der Waals surface area contributed by atoms with Crippen LogP contribution < -0.4 is 16.0 Å². The molecule has 2 aromatic rings. The van der Waals surface area contributed by atoms with Crippen molar-refractivity contribution >= 4 is 21.8 Å². The molecule has 0 bridgehead atoms. The smallest absolute Gasteiger partial charge is 0.338 e. The number of carbonyl (C=O) groups is 2. The van der Waals surface area contributed by atoms with Crippen LogP contribution in [0.25, 0.3) is 0 Å². The van der Waals surface area contributed by atoms with Crippen molar-refractivity contribution in [3.63, 3.8) is 0 Å². The Morgan fingerprint density at radius 1 is 1.12 bits per heavy atom. The van der Waals surface area contributed by atoms with Gasteiger partial charge in [0.15, 0.2) is 9.84 Å². The second-order valence-corrected chi connectivity index (χ2v) is 9.51. The molecule has 0 fully saturated rings. The van der Waals surface area contributed by atoms with Gasteiger partial charge in [-0.1, -0.05) is 42.5 Å². The van der Waals surface area contributed by atoms with Gasteiger partial charge in [0.25, 0.3) is 0 Å². The summed E-state index contributed by atoms with van der Waals surface area (Å²) in [6, 6.07) is 14.6. The van der Waals surface area contributed by atoms with E-state index in [1.165, 1.54) is 0 Å². The molecule has 32 heavy (non-hydrogen) atoms. The molecule has 2 atom stereocenters. The van der Waals surface area contributed by atoms with Crippen LogP contribution in [0.2, 0.25) is 0 Å². The van der Waals surface area contributed by atoms with E-state index in [9.17, 15) is 18.0 Å². The molecule has 2 aromatic carbocycles. The average Bonchev–Trinajstić information content (AvgIpc) is 2.77. The second kappa shape index (κ2) is 9.97. The summed E-state index contributed by atoms with van der Waals surface area (Å²) in [5.41, 5.74) is 2.41. The minimum absolute atomic E-state index is 0.165. The van der Waals surface area contributed by atoms with E-state index in [1.807, 2.05) is 37.3 Å². The number of amides is 2. The third-order valence-corrected chi connectivity index (χ3v) is 6.30. The normalized spacial score (nSPS) is 17.3. The van der Waals surface area contributed by atoms with Crippen LogP contribution in [0.1, 0.15) is 37.1 Å². The molecule has 0 aliphatic carbocycles. The number of urea groups is 1. The zero-order valence-electron chi connectivity index (χ0n) is 18.2. The van der Waals surface area contributed by atoms with E-state index in [2.05, 4.69) is 16.0 Å². The third kappa shape index (κ3) is 5.54. The molecule has 0 spiro atoms. The van der Waals surface area contributed by atoms with Gasteiger partial charge in [-0.05, 0) is 37.1 Å². The Kier molecular flexibility index (Phi) is 7.32. The molecule has 0 saturated heterocycles. The van der Waals surface area contributed by atoms with Gasteiger partial charge < -0.3 is 20.7 Å². The van der Waals surface area contributed by atoms with Gasteiger partial charge in [-0.25, -0.2) is 18.0 Å². The van der Waals surface area contributed by atoms with Crippen LogP contribution in [0.15, 0.2) is 70.8 Å². The van der Waals surface area contributed by atoms with E-state index in [0.29, 0.717) is 11.3 Å². The number of nitrogens with one attached hydrogen (secondary N) is 3. The van der Waals surface area contributed by atoms with E-state index in [4.69, 9.17) is 4.74 Å². The summed E-state index contributed by atoms with van der Waals surface area (Å²) in [7, 11) is -3.27. The average molecular weight is 458 g/mol. The minimum Gasteiger partial charge on any atom is -0.463 e. The maximum absolute atomic E-state index is 12.8. The molecule has 3 N–H and O–H groups in total. The summed E-state index contributed by atoms with van der Waals surface area (Å²) in [5, 5.41) is 8.82. The quantitative estimate of drug-likeness (QED) is 0.525. The summed E-state index contributed by atoms with van der Waals surface area (Å²) < 4.78 is 28.6. The summed E-state index contributed by atoms with van der Waals surface area (Å²) in [5.74, 6) is -0.504. The fraction of sp³-hybridized carbons (Fsp3) is 0.304. The number of benzene rings is 2. The Morgan fingerprint density at radius 2 is 1.78 bits per heavy atom. The lowest BCUT2D eigenvalue weighted by Crippen LogP contribution is -2.48. The van der Waals surface area contributed by atoms with Crippen molar-refractivity contribution < 1.29 is 22.7 Å². The minimum atomic E-state index is -3.27. The molecule has 0 aromatic heterocycles. The van der Waals surface area contributed by atoms with E-state index >= 15 is 0 Å². The van der Waals surface area contributed by atoms with E-state index in [-0.39, 0.29) is 24.1 Å². The molecule has 170 valence electrons. The molecular weight excluding hydrogens is 430 g/mol. The first kappa shape index (κ1) is 23.5. The Hall–Kier alpha value is -3.17. The predicted octanol–water partition coefficient (Wildman–Crippen LogP) is 2.61. The highest BCUT2D eigenvalue weighted by Gasteiger charge is 2.33. The van der Waals surface area contributed by atoms with Crippen LogP contribution in [0.3, 0.4) is 0 Å². The van der Waals surface area contributed by atoms with Gasteiger partial charge in [-0.15, -0.1) is 0 Å². The molecule has 3 rings (SSSR count). The molecule has 0 radical (unpaired) electrons. The molecule has 0 saturated carbocycles. The number of carbonyl (C=O) groups excluding carboxylic acids is 2. The van der Waals surface area contributed by atoms with Crippen LogP contribution in [0.5, 0.6) is 0 Å². The van der Waals surface area contributed by atoms with Crippen molar-refractivity contribution in [3.8, 4) is 0 Å². The van der Waals surface area contributed by atoms with E-state index in [0.717, 1.165) is 17.4 Å². The standard InChI is InChI=1S/C23H27N3O5S/c1-4-31-22(27)20-19(25-23(28)26-21(20)17-8-6-5-7-9-17)14-24-15(2)16-10-12-18(13-11-16)32(3,29)30/h5-13,15,21,24H,4,14H2,1-3H3,(H2,25,26,28)/t15-,21-/m0/s1. The second-order valence-electron chi connectivity index (χ2n) is 7.50. The first-order chi connectivity index (χ1) is 15.2. The van der Waals surface area contributed by atoms with Gasteiger partial charge in [0, 0.05) is 24.5 Å². The predicted molar refractivity (Wildman–Crippen MR) is 120 cm³/mol. The molecule has 1 aliphatic rings. The molecule has 8 nitrogen and oxygen atoms in total. The van der Waals surface area contributed by atoms with E-state index < -0.39 is 27.9 Å². The highest BCUT2D eigenvalue weighted by atomic mass is 32.2. The van der Waals surface area contributed by atoms with Crippen LogP contribution in [0, 0.1) is 0 Å². The van der Waals surface area contributed by atoms with Gasteiger partial charge in [0.1, 0.15) is 0 Å². The van der Waals surface area contributed by atoms with Gasteiger partial charge in [-0.3, -0.25) is 0 Å². The highest BCUT2D eigenvalue weighted by Crippen LogP contribution is 2.28.